The standard InChI is InChI=1S/C15H23N3O2/c1-10-4-6-13(17-11(10)2)8-16-15(19)18-14-7-5-12(14)9-20-3/h4,6,12,14H,5,7-9H2,1-3H3,(H2,16,18,19)/t12-,14-/m1/s1. The Kier molecular flexibility index (Phi) is 4.95. The molecule has 5 nitrogen and oxygen atoms in total. The lowest BCUT2D eigenvalue weighted by Gasteiger charge is -2.36. The Hall–Kier alpha value is -1.62. The van der Waals surface area contributed by atoms with E-state index in [0.717, 1.165) is 29.8 Å². The maximum atomic E-state index is 11.8. The minimum Gasteiger partial charge on any atom is -0.384 e. The zero-order chi connectivity index (χ0) is 14.5. The van der Waals surface area contributed by atoms with E-state index in [2.05, 4.69) is 15.6 Å². The molecule has 2 amide bonds. The quantitative estimate of drug-likeness (QED) is 0.864. The number of carbonyl (C=O) groups is 1. The van der Waals surface area contributed by atoms with E-state index in [1.54, 1.807) is 7.11 Å². The lowest BCUT2D eigenvalue weighted by atomic mass is 9.80. The average molecular weight is 277 g/mol. The SMILES string of the molecule is COC[C@H]1CC[C@H]1NC(=O)NCc1ccc(C)c(C)n1. The van der Waals surface area contributed by atoms with E-state index in [4.69, 9.17) is 4.74 Å². The maximum Gasteiger partial charge on any atom is 0.315 e. The zero-order valence-corrected chi connectivity index (χ0v) is 12.4. The van der Waals surface area contributed by atoms with Gasteiger partial charge in [0.25, 0.3) is 0 Å². The second-order valence-corrected chi connectivity index (χ2v) is 5.43. The van der Waals surface area contributed by atoms with Crippen molar-refractivity contribution in [1.29, 1.82) is 0 Å². The molecule has 0 aliphatic heterocycles. The number of urea groups is 1. The van der Waals surface area contributed by atoms with Gasteiger partial charge in [-0.15, -0.1) is 0 Å². The van der Waals surface area contributed by atoms with E-state index < -0.39 is 0 Å². The van der Waals surface area contributed by atoms with Crippen molar-refractivity contribution in [2.45, 2.75) is 39.3 Å². The van der Waals surface area contributed by atoms with Crippen LogP contribution in [0.5, 0.6) is 0 Å². The summed E-state index contributed by atoms with van der Waals surface area (Å²) in [7, 11) is 1.70. The third-order valence-corrected chi connectivity index (χ3v) is 3.95. The summed E-state index contributed by atoms with van der Waals surface area (Å²) in [4.78, 5) is 16.3. The normalized spacial score (nSPS) is 21.1. The van der Waals surface area contributed by atoms with Gasteiger partial charge in [-0.1, -0.05) is 6.07 Å². The Bertz CT molecular complexity index is 476. The third kappa shape index (κ3) is 3.70. The van der Waals surface area contributed by atoms with Crippen molar-refractivity contribution >= 4 is 6.03 Å². The van der Waals surface area contributed by atoms with Crippen LogP contribution in [0.15, 0.2) is 12.1 Å². The smallest absolute Gasteiger partial charge is 0.315 e. The van der Waals surface area contributed by atoms with Gasteiger partial charge >= 0.3 is 6.03 Å². The molecule has 2 atom stereocenters. The summed E-state index contributed by atoms with van der Waals surface area (Å²) in [5.41, 5.74) is 3.05. The van der Waals surface area contributed by atoms with Crippen molar-refractivity contribution in [3.8, 4) is 0 Å². The molecule has 1 fully saturated rings. The fraction of sp³-hybridized carbons (Fsp3) is 0.600. The molecular formula is C15H23N3O2. The number of hydrogen-bond donors (Lipinski definition) is 2. The van der Waals surface area contributed by atoms with E-state index in [-0.39, 0.29) is 12.1 Å². The summed E-state index contributed by atoms with van der Waals surface area (Å²) in [5, 5.41) is 5.84. The summed E-state index contributed by atoms with van der Waals surface area (Å²) in [6.07, 6.45) is 2.15. The number of nitrogens with one attached hydrogen (secondary N) is 2. The number of pyridine rings is 1. The Morgan fingerprint density at radius 2 is 2.20 bits per heavy atom. The number of ether oxygens (including phenoxy) is 1. The van der Waals surface area contributed by atoms with Gasteiger partial charge in [0, 0.05) is 24.8 Å². The van der Waals surface area contributed by atoms with E-state index in [1.165, 1.54) is 0 Å². The highest BCUT2D eigenvalue weighted by atomic mass is 16.5. The summed E-state index contributed by atoms with van der Waals surface area (Å²) in [6.45, 7) is 5.17. The number of methoxy groups -OCH3 is 1. The Labute approximate surface area is 120 Å². The molecule has 0 saturated heterocycles. The maximum absolute atomic E-state index is 11.8. The minimum absolute atomic E-state index is 0.129. The molecule has 1 aromatic heterocycles. The van der Waals surface area contributed by atoms with Crippen molar-refractivity contribution in [2.24, 2.45) is 5.92 Å². The monoisotopic (exact) mass is 277 g/mol. The van der Waals surface area contributed by atoms with Crippen molar-refractivity contribution in [2.75, 3.05) is 13.7 Å². The predicted molar refractivity (Wildman–Crippen MR) is 77.5 cm³/mol. The predicted octanol–water partition coefficient (Wildman–Crippen LogP) is 1.92. The molecule has 1 saturated carbocycles. The Morgan fingerprint density at radius 3 is 2.80 bits per heavy atom. The van der Waals surface area contributed by atoms with Crippen LogP contribution in [0.25, 0.3) is 0 Å². The second kappa shape index (κ2) is 6.70. The van der Waals surface area contributed by atoms with Crippen LogP contribution in [0.4, 0.5) is 4.79 Å². The summed E-state index contributed by atoms with van der Waals surface area (Å²) >= 11 is 0. The third-order valence-electron chi connectivity index (χ3n) is 3.95. The number of nitrogens with zero attached hydrogens (tertiary/aromatic N) is 1. The molecule has 0 unspecified atom stereocenters. The summed E-state index contributed by atoms with van der Waals surface area (Å²) < 4.78 is 5.13. The molecule has 2 N–H and O–H groups in total. The minimum atomic E-state index is -0.129. The average Bonchev–Trinajstić information content (AvgIpc) is 2.42. The van der Waals surface area contributed by atoms with Crippen LogP contribution in [0.1, 0.15) is 29.8 Å². The number of hydrogen-bond acceptors (Lipinski definition) is 3. The van der Waals surface area contributed by atoms with Gasteiger partial charge in [0.15, 0.2) is 0 Å². The molecule has 1 heterocycles. The van der Waals surface area contributed by atoms with Gasteiger partial charge in [0.05, 0.1) is 18.8 Å². The van der Waals surface area contributed by atoms with Crippen LogP contribution in [0, 0.1) is 19.8 Å². The molecule has 0 aromatic carbocycles. The Balaban J connectivity index is 1.76. The van der Waals surface area contributed by atoms with Crippen LogP contribution in [-0.2, 0) is 11.3 Å². The van der Waals surface area contributed by atoms with Gasteiger partial charge < -0.3 is 15.4 Å². The molecule has 5 heteroatoms. The number of amides is 2. The van der Waals surface area contributed by atoms with Crippen LogP contribution >= 0.6 is 0 Å². The lowest BCUT2D eigenvalue weighted by Crippen LogP contribution is -2.51. The highest BCUT2D eigenvalue weighted by molar-refractivity contribution is 5.74. The molecule has 1 aliphatic carbocycles. The Morgan fingerprint density at radius 1 is 1.40 bits per heavy atom. The number of carbonyl (C=O) groups excluding carboxylic acids is 1. The molecule has 0 radical (unpaired) electrons. The van der Waals surface area contributed by atoms with E-state index in [1.807, 2.05) is 26.0 Å². The first kappa shape index (κ1) is 14.8. The molecule has 20 heavy (non-hydrogen) atoms. The van der Waals surface area contributed by atoms with Crippen molar-refractivity contribution in [3.63, 3.8) is 0 Å². The topological polar surface area (TPSA) is 63.2 Å². The molecule has 2 rings (SSSR count). The highest BCUT2D eigenvalue weighted by Gasteiger charge is 2.31. The van der Waals surface area contributed by atoms with Gasteiger partial charge in [0.2, 0.25) is 0 Å². The van der Waals surface area contributed by atoms with Crippen molar-refractivity contribution in [3.05, 3.63) is 29.1 Å². The lowest BCUT2D eigenvalue weighted by molar-refractivity contribution is 0.0831. The summed E-state index contributed by atoms with van der Waals surface area (Å²) in [5.74, 6) is 0.450. The molecule has 110 valence electrons. The van der Waals surface area contributed by atoms with Gasteiger partial charge in [-0.2, -0.15) is 0 Å². The number of rotatable bonds is 5. The van der Waals surface area contributed by atoms with Crippen molar-refractivity contribution in [1.82, 2.24) is 15.6 Å². The summed E-state index contributed by atoms with van der Waals surface area (Å²) in [6, 6.07) is 4.08. The zero-order valence-electron chi connectivity index (χ0n) is 12.4. The first-order valence-electron chi connectivity index (χ1n) is 7.06. The molecule has 1 aromatic rings. The molecule has 0 spiro atoms. The molecule has 0 bridgehead atoms. The van der Waals surface area contributed by atoms with Crippen LogP contribution in [0.3, 0.4) is 0 Å². The van der Waals surface area contributed by atoms with Gasteiger partial charge in [-0.25, -0.2) is 4.79 Å². The first-order valence-corrected chi connectivity index (χ1v) is 7.06. The van der Waals surface area contributed by atoms with Crippen LogP contribution in [0.2, 0.25) is 0 Å². The van der Waals surface area contributed by atoms with Gasteiger partial charge in [-0.3, -0.25) is 4.98 Å². The number of aryl methyl sites for hydroxylation is 2. The number of aromatic nitrogens is 1. The van der Waals surface area contributed by atoms with Crippen molar-refractivity contribution < 1.29 is 9.53 Å². The highest BCUT2D eigenvalue weighted by Crippen LogP contribution is 2.27. The largest absolute Gasteiger partial charge is 0.384 e. The fourth-order valence-electron chi connectivity index (χ4n) is 2.34. The van der Waals surface area contributed by atoms with E-state index >= 15 is 0 Å². The van der Waals surface area contributed by atoms with E-state index in [0.29, 0.717) is 19.1 Å². The van der Waals surface area contributed by atoms with Gasteiger partial charge in [-0.05, 0) is 38.3 Å². The fourth-order valence-corrected chi connectivity index (χ4v) is 2.34. The van der Waals surface area contributed by atoms with Crippen LogP contribution < -0.4 is 10.6 Å². The molecular weight excluding hydrogens is 254 g/mol. The first-order chi connectivity index (χ1) is 9.60. The molecule has 1 aliphatic rings. The van der Waals surface area contributed by atoms with Gasteiger partial charge in [0.1, 0.15) is 0 Å². The second-order valence-electron chi connectivity index (χ2n) is 5.43. The van der Waals surface area contributed by atoms with E-state index in [9.17, 15) is 4.79 Å². The van der Waals surface area contributed by atoms with Crippen LogP contribution in [-0.4, -0.2) is 30.8 Å².